The number of aryl methyl sites for hydroxylation is 1. The topological polar surface area (TPSA) is 71.3 Å². The first-order valence-corrected chi connectivity index (χ1v) is 13.3. The van der Waals surface area contributed by atoms with Gasteiger partial charge < -0.3 is 15.0 Å². The average Bonchev–Trinajstić information content (AvgIpc) is 3.20. The van der Waals surface area contributed by atoms with Crippen molar-refractivity contribution in [2.24, 2.45) is 7.05 Å². The van der Waals surface area contributed by atoms with Crippen LogP contribution in [0.3, 0.4) is 0 Å². The van der Waals surface area contributed by atoms with Crippen LogP contribution >= 0.6 is 0 Å². The molecule has 0 fully saturated rings. The number of aliphatic carboxylic acids is 1. The van der Waals surface area contributed by atoms with E-state index in [1.165, 1.54) is 0 Å². The summed E-state index contributed by atoms with van der Waals surface area (Å²) in [6, 6.07) is 6.94. The lowest BCUT2D eigenvalue weighted by Gasteiger charge is -2.14. The van der Waals surface area contributed by atoms with Crippen LogP contribution < -0.4 is 5.32 Å². The van der Waals surface area contributed by atoms with Crippen LogP contribution in [0.15, 0.2) is 91.2 Å². The number of hydrogen-bond acceptors (Lipinski definition) is 2. The summed E-state index contributed by atoms with van der Waals surface area (Å²) in [5.74, 6) is -1.24. The van der Waals surface area contributed by atoms with E-state index >= 15 is 0 Å². The first-order valence-electron chi connectivity index (χ1n) is 13.3. The van der Waals surface area contributed by atoms with E-state index in [0.29, 0.717) is 12.8 Å². The summed E-state index contributed by atoms with van der Waals surface area (Å²) < 4.78 is 1.98. The molecule has 0 aliphatic heterocycles. The molecule has 5 nitrogen and oxygen atoms in total. The highest BCUT2D eigenvalue weighted by atomic mass is 16.4. The third-order valence-corrected chi connectivity index (χ3v) is 5.97. The maximum atomic E-state index is 12.3. The minimum Gasteiger partial charge on any atom is -0.480 e. The molecule has 198 valence electrons. The number of fused-ring (bicyclic) bond motifs is 1. The predicted molar refractivity (Wildman–Crippen MR) is 154 cm³/mol. The molecule has 5 heteroatoms. The molecular formula is C32H42N2O3. The Hall–Kier alpha value is -3.60. The van der Waals surface area contributed by atoms with Crippen molar-refractivity contribution in [3.8, 4) is 0 Å². The van der Waals surface area contributed by atoms with Gasteiger partial charge in [0, 0.05) is 37.0 Å². The summed E-state index contributed by atoms with van der Waals surface area (Å²) in [5, 5.41) is 13.3. The van der Waals surface area contributed by atoms with Gasteiger partial charge in [0.1, 0.15) is 6.04 Å². The molecule has 0 spiro atoms. The van der Waals surface area contributed by atoms with Gasteiger partial charge in [-0.2, -0.15) is 0 Å². The molecule has 1 aromatic heterocycles. The number of para-hydroxylation sites is 1. The average molecular weight is 503 g/mol. The Morgan fingerprint density at radius 1 is 0.892 bits per heavy atom. The summed E-state index contributed by atoms with van der Waals surface area (Å²) in [6.45, 7) is 2.14. The zero-order valence-electron chi connectivity index (χ0n) is 22.3. The van der Waals surface area contributed by atoms with Crippen molar-refractivity contribution in [1.29, 1.82) is 0 Å². The molecular weight excluding hydrogens is 460 g/mol. The van der Waals surface area contributed by atoms with Crippen molar-refractivity contribution in [2.45, 2.75) is 70.8 Å². The van der Waals surface area contributed by atoms with Crippen molar-refractivity contribution in [3.05, 3.63) is 96.8 Å². The molecule has 0 bridgehead atoms. The molecule has 2 N–H and O–H groups in total. The molecule has 1 atom stereocenters. The molecule has 2 rings (SSSR count). The molecule has 1 aromatic carbocycles. The number of carbonyl (C=O) groups is 2. The van der Waals surface area contributed by atoms with Gasteiger partial charge >= 0.3 is 5.97 Å². The van der Waals surface area contributed by atoms with Gasteiger partial charge in [0.2, 0.25) is 5.91 Å². The van der Waals surface area contributed by atoms with E-state index in [4.69, 9.17) is 0 Å². The minimum atomic E-state index is -1.01. The van der Waals surface area contributed by atoms with E-state index in [0.717, 1.165) is 55.0 Å². The van der Waals surface area contributed by atoms with E-state index in [-0.39, 0.29) is 12.3 Å². The maximum Gasteiger partial charge on any atom is 0.326 e. The van der Waals surface area contributed by atoms with Gasteiger partial charge in [-0.3, -0.25) is 4.79 Å². The number of nitrogens with zero attached hydrogens (tertiary/aromatic N) is 1. The fourth-order valence-electron chi connectivity index (χ4n) is 4.02. The fraction of sp³-hybridized carbons (Fsp3) is 0.375. The van der Waals surface area contributed by atoms with E-state index in [2.05, 4.69) is 73.0 Å². The largest absolute Gasteiger partial charge is 0.480 e. The molecule has 0 aliphatic carbocycles. The van der Waals surface area contributed by atoms with Crippen LogP contribution in [-0.4, -0.2) is 27.6 Å². The van der Waals surface area contributed by atoms with Crippen LogP contribution in [0.25, 0.3) is 10.9 Å². The Morgan fingerprint density at radius 2 is 1.46 bits per heavy atom. The van der Waals surface area contributed by atoms with Crippen molar-refractivity contribution >= 4 is 22.8 Å². The summed E-state index contributed by atoms with van der Waals surface area (Å²) in [4.78, 5) is 24.1. The molecule has 2 aromatic rings. The molecule has 1 unspecified atom stereocenters. The van der Waals surface area contributed by atoms with Crippen molar-refractivity contribution in [1.82, 2.24) is 9.88 Å². The number of unbranched alkanes of at least 4 members (excludes halogenated alkanes) is 1. The predicted octanol–water partition coefficient (Wildman–Crippen LogP) is 7.21. The second-order valence-corrected chi connectivity index (χ2v) is 9.05. The molecule has 1 amide bonds. The third-order valence-electron chi connectivity index (χ3n) is 5.97. The maximum absolute atomic E-state index is 12.3. The monoisotopic (exact) mass is 502 g/mol. The number of carboxylic acids is 1. The van der Waals surface area contributed by atoms with Crippen LogP contribution in [0, 0.1) is 0 Å². The smallest absolute Gasteiger partial charge is 0.326 e. The molecule has 0 radical (unpaired) electrons. The van der Waals surface area contributed by atoms with E-state index in [1.54, 1.807) is 0 Å². The number of benzene rings is 1. The number of hydrogen-bond donors (Lipinski definition) is 2. The molecule has 1 heterocycles. The number of aromatic nitrogens is 1. The Balaban J connectivity index is 1.61. The van der Waals surface area contributed by atoms with Crippen LogP contribution in [0.4, 0.5) is 0 Å². The summed E-state index contributed by atoms with van der Waals surface area (Å²) in [5.41, 5.74) is 1.97. The van der Waals surface area contributed by atoms with E-state index in [9.17, 15) is 14.7 Å². The Kier molecular flexibility index (Phi) is 14.2. The SMILES string of the molecule is CCC=CCC=CCC=CCC=CCC=CCCCC(=O)NC(Cc1cn(C)c2ccccc12)C(=O)O. The van der Waals surface area contributed by atoms with Gasteiger partial charge in [0.25, 0.3) is 0 Å². The highest BCUT2D eigenvalue weighted by Crippen LogP contribution is 2.21. The number of carboxylic acid groups (broad SMARTS) is 1. The van der Waals surface area contributed by atoms with Crippen molar-refractivity contribution < 1.29 is 14.7 Å². The van der Waals surface area contributed by atoms with E-state index < -0.39 is 12.0 Å². The number of carbonyl (C=O) groups excluding carboxylic acids is 1. The summed E-state index contributed by atoms with van der Waals surface area (Å²) in [7, 11) is 1.94. The first kappa shape index (κ1) is 29.6. The van der Waals surface area contributed by atoms with Crippen LogP contribution in [-0.2, 0) is 23.1 Å². The lowest BCUT2D eigenvalue weighted by Crippen LogP contribution is -2.42. The van der Waals surface area contributed by atoms with Gasteiger partial charge in [-0.05, 0) is 56.6 Å². The Bertz CT molecular complexity index is 1120. The van der Waals surface area contributed by atoms with Gasteiger partial charge in [-0.1, -0.05) is 85.9 Å². The number of amides is 1. The van der Waals surface area contributed by atoms with Crippen molar-refractivity contribution in [2.75, 3.05) is 0 Å². The summed E-state index contributed by atoms with van der Waals surface area (Å²) >= 11 is 0. The number of nitrogens with one attached hydrogen (secondary N) is 1. The zero-order valence-corrected chi connectivity index (χ0v) is 22.3. The number of allylic oxidation sites excluding steroid dienone is 10. The van der Waals surface area contributed by atoms with Crippen LogP contribution in [0.5, 0.6) is 0 Å². The van der Waals surface area contributed by atoms with Gasteiger partial charge in [0.15, 0.2) is 0 Å². The van der Waals surface area contributed by atoms with E-state index in [1.807, 2.05) is 42.1 Å². The molecule has 0 saturated carbocycles. The fourth-order valence-corrected chi connectivity index (χ4v) is 4.02. The zero-order chi connectivity index (χ0) is 26.7. The van der Waals surface area contributed by atoms with Crippen LogP contribution in [0.2, 0.25) is 0 Å². The minimum absolute atomic E-state index is 0.222. The molecule has 0 aliphatic rings. The van der Waals surface area contributed by atoms with Gasteiger partial charge in [0.05, 0.1) is 0 Å². The van der Waals surface area contributed by atoms with Gasteiger partial charge in [-0.15, -0.1) is 0 Å². The first-order chi connectivity index (χ1) is 18.0. The Labute approximate surface area is 222 Å². The third kappa shape index (κ3) is 11.8. The molecule has 37 heavy (non-hydrogen) atoms. The highest BCUT2D eigenvalue weighted by Gasteiger charge is 2.22. The molecule has 0 saturated heterocycles. The number of rotatable bonds is 17. The summed E-state index contributed by atoms with van der Waals surface area (Å²) in [6.07, 6.45) is 30.5. The highest BCUT2D eigenvalue weighted by molar-refractivity contribution is 5.87. The quantitative estimate of drug-likeness (QED) is 0.177. The normalized spacial score (nSPS) is 13.2. The van der Waals surface area contributed by atoms with Gasteiger partial charge in [-0.25, -0.2) is 4.79 Å². The van der Waals surface area contributed by atoms with Crippen molar-refractivity contribution in [3.63, 3.8) is 0 Å². The lowest BCUT2D eigenvalue weighted by atomic mass is 10.0. The standard InChI is InChI=1S/C32H42N2O3/c1-3-4-5-6-7-8-9-10-11-12-13-14-15-16-17-18-19-24-31(35)33-29(32(36)37)25-27-26-34(2)30-23-21-20-22-28(27)30/h4-5,7-8,10-11,13-14,16-17,20-23,26,29H,3,6,9,12,15,18-19,24-25H2,1-2H3,(H,33,35)(H,36,37). The van der Waals surface area contributed by atoms with Crippen LogP contribution in [0.1, 0.15) is 63.9 Å². The lowest BCUT2D eigenvalue weighted by molar-refractivity contribution is -0.141. The second kappa shape index (κ2) is 17.8. The Morgan fingerprint density at radius 3 is 2.05 bits per heavy atom. The second-order valence-electron chi connectivity index (χ2n) is 9.05.